The predicted molar refractivity (Wildman–Crippen MR) is 88.0 cm³/mol. The second-order valence-electron chi connectivity index (χ2n) is 6.31. The fourth-order valence-corrected chi connectivity index (χ4v) is 2.34. The fraction of sp³-hybridized carbons (Fsp3) is 0.222. The third kappa shape index (κ3) is 2.97. The molecule has 2 aromatic heterocycles. The minimum atomic E-state index is 0.0964. The van der Waals surface area contributed by atoms with Gasteiger partial charge in [-0.05, 0) is 17.0 Å². The molecule has 0 N–H and O–H groups in total. The number of nitriles is 1. The van der Waals surface area contributed by atoms with Crippen molar-refractivity contribution in [1.82, 2.24) is 19.7 Å². The third-order valence-corrected chi connectivity index (χ3v) is 3.61. The summed E-state index contributed by atoms with van der Waals surface area (Å²) in [6, 6.07) is 13.9. The van der Waals surface area contributed by atoms with E-state index in [4.69, 9.17) is 5.26 Å². The number of aromatic nitrogens is 4. The van der Waals surface area contributed by atoms with E-state index in [1.165, 1.54) is 5.56 Å². The highest BCUT2D eigenvalue weighted by atomic mass is 15.4. The standard InChI is InChI=1S/C18H17N5/c1-18(2,3)14-7-5-13(6-8-14)16-11-15(12-19)22-23(16)17-20-9-4-10-21-17/h4-11H,1-3H3. The van der Waals surface area contributed by atoms with Gasteiger partial charge in [0.05, 0.1) is 5.69 Å². The summed E-state index contributed by atoms with van der Waals surface area (Å²) in [6.07, 6.45) is 3.31. The quantitative estimate of drug-likeness (QED) is 0.726. The van der Waals surface area contributed by atoms with Gasteiger partial charge >= 0.3 is 0 Å². The largest absolute Gasteiger partial charge is 0.251 e. The molecule has 0 amide bonds. The van der Waals surface area contributed by atoms with E-state index < -0.39 is 0 Å². The molecule has 3 aromatic rings. The zero-order valence-electron chi connectivity index (χ0n) is 13.4. The molecule has 1 aromatic carbocycles. The van der Waals surface area contributed by atoms with Gasteiger partial charge in [-0.2, -0.15) is 15.0 Å². The van der Waals surface area contributed by atoms with Gasteiger partial charge in [0.25, 0.3) is 5.95 Å². The molecule has 0 bridgehead atoms. The highest BCUT2D eigenvalue weighted by Crippen LogP contribution is 2.27. The van der Waals surface area contributed by atoms with Crippen LogP contribution in [0.1, 0.15) is 32.0 Å². The molecule has 0 unspecified atom stereocenters. The van der Waals surface area contributed by atoms with Crippen molar-refractivity contribution >= 4 is 0 Å². The van der Waals surface area contributed by atoms with E-state index in [-0.39, 0.29) is 5.41 Å². The molecule has 0 aliphatic rings. The number of nitrogens with zero attached hydrogens (tertiary/aromatic N) is 5. The average molecular weight is 303 g/mol. The lowest BCUT2D eigenvalue weighted by Crippen LogP contribution is -2.10. The Labute approximate surface area is 135 Å². The van der Waals surface area contributed by atoms with Crippen molar-refractivity contribution in [3.05, 3.63) is 60.0 Å². The molecule has 0 aliphatic heterocycles. The van der Waals surface area contributed by atoms with Crippen molar-refractivity contribution in [3.8, 4) is 23.3 Å². The fourth-order valence-electron chi connectivity index (χ4n) is 2.34. The van der Waals surface area contributed by atoms with Crippen molar-refractivity contribution in [3.63, 3.8) is 0 Å². The van der Waals surface area contributed by atoms with E-state index in [1.807, 2.05) is 12.1 Å². The van der Waals surface area contributed by atoms with Crippen molar-refractivity contribution in [2.24, 2.45) is 0 Å². The van der Waals surface area contributed by atoms with E-state index in [1.54, 1.807) is 29.2 Å². The molecule has 0 saturated heterocycles. The first-order chi connectivity index (χ1) is 11.0. The molecule has 0 aliphatic carbocycles. The Kier molecular flexibility index (Phi) is 3.67. The Bertz CT molecular complexity index is 849. The zero-order chi connectivity index (χ0) is 16.4. The van der Waals surface area contributed by atoms with Gasteiger partial charge in [-0.3, -0.25) is 0 Å². The summed E-state index contributed by atoms with van der Waals surface area (Å²) >= 11 is 0. The van der Waals surface area contributed by atoms with Crippen LogP contribution in [0.4, 0.5) is 0 Å². The normalized spacial score (nSPS) is 11.2. The molecular weight excluding hydrogens is 286 g/mol. The highest BCUT2D eigenvalue weighted by molar-refractivity contribution is 5.63. The van der Waals surface area contributed by atoms with Gasteiger partial charge in [0.15, 0.2) is 5.69 Å². The topological polar surface area (TPSA) is 67.4 Å². The first-order valence-electron chi connectivity index (χ1n) is 7.37. The monoisotopic (exact) mass is 303 g/mol. The van der Waals surface area contributed by atoms with Crippen molar-refractivity contribution in [2.75, 3.05) is 0 Å². The number of rotatable bonds is 2. The second-order valence-corrected chi connectivity index (χ2v) is 6.31. The Morgan fingerprint density at radius 1 is 1.04 bits per heavy atom. The molecule has 5 nitrogen and oxygen atoms in total. The average Bonchev–Trinajstić information content (AvgIpc) is 2.99. The summed E-state index contributed by atoms with van der Waals surface area (Å²) in [5.41, 5.74) is 3.46. The van der Waals surface area contributed by atoms with Crippen LogP contribution in [0.25, 0.3) is 17.2 Å². The van der Waals surface area contributed by atoms with Crippen LogP contribution in [0.2, 0.25) is 0 Å². The van der Waals surface area contributed by atoms with E-state index in [2.05, 4.69) is 54.0 Å². The predicted octanol–water partition coefficient (Wildman–Crippen LogP) is 3.50. The second kappa shape index (κ2) is 5.65. The Morgan fingerprint density at radius 2 is 1.70 bits per heavy atom. The van der Waals surface area contributed by atoms with Crippen LogP contribution in [0, 0.1) is 11.3 Å². The maximum atomic E-state index is 9.15. The minimum absolute atomic E-state index is 0.0964. The summed E-state index contributed by atoms with van der Waals surface area (Å²) in [4.78, 5) is 8.44. The van der Waals surface area contributed by atoms with Crippen LogP contribution in [0.3, 0.4) is 0 Å². The Balaban J connectivity index is 2.10. The van der Waals surface area contributed by atoms with Gasteiger partial charge in [-0.1, -0.05) is 45.0 Å². The highest BCUT2D eigenvalue weighted by Gasteiger charge is 2.16. The lowest BCUT2D eigenvalue weighted by molar-refractivity contribution is 0.590. The Hall–Kier alpha value is -3.00. The smallest absolute Gasteiger partial charge is 0.220 e. The van der Waals surface area contributed by atoms with Crippen LogP contribution >= 0.6 is 0 Å². The SMILES string of the molecule is CC(C)(C)c1ccc(-c2cc(C#N)nn2-c2ncccn2)cc1. The summed E-state index contributed by atoms with van der Waals surface area (Å²) in [5.74, 6) is 0.448. The van der Waals surface area contributed by atoms with E-state index in [0.29, 0.717) is 11.6 Å². The molecule has 3 rings (SSSR count). The van der Waals surface area contributed by atoms with Gasteiger partial charge in [-0.15, -0.1) is 0 Å². The van der Waals surface area contributed by atoms with Gasteiger partial charge < -0.3 is 0 Å². The number of benzene rings is 1. The molecule has 0 radical (unpaired) electrons. The number of hydrogen-bond donors (Lipinski definition) is 0. The van der Waals surface area contributed by atoms with Crippen molar-refractivity contribution < 1.29 is 0 Å². The Morgan fingerprint density at radius 3 is 2.26 bits per heavy atom. The zero-order valence-corrected chi connectivity index (χ0v) is 13.4. The van der Waals surface area contributed by atoms with Crippen LogP contribution in [-0.2, 0) is 5.41 Å². The molecular formula is C18H17N5. The van der Waals surface area contributed by atoms with Crippen LogP contribution in [0.5, 0.6) is 0 Å². The molecule has 0 spiro atoms. The molecule has 2 heterocycles. The van der Waals surface area contributed by atoms with Crippen LogP contribution in [-0.4, -0.2) is 19.7 Å². The lowest BCUT2D eigenvalue weighted by atomic mass is 9.86. The van der Waals surface area contributed by atoms with Crippen molar-refractivity contribution in [2.45, 2.75) is 26.2 Å². The molecule has 0 atom stereocenters. The summed E-state index contributed by atoms with van der Waals surface area (Å²) < 4.78 is 1.60. The van der Waals surface area contributed by atoms with E-state index >= 15 is 0 Å². The maximum absolute atomic E-state index is 9.15. The van der Waals surface area contributed by atoms with Gasteiger partial charge in [0.1, 0.15) is 6.07 Å². The third-order valence-electron chi connectivity index (χ3n) is 3.61. The molecule has 5 heteroatoms. The molecule has 114 valence electrons. The van der Waals surface area contributed by atoms with E-state index in [0.717, 1.165) is 11.3 Å². The summed E-state index contributed by atoms with van der Waals surface area (Å²) in [6.45, 7) is 6.54. The van der Waals surface area contributed by atoms with Gasteiger partial charge in [-0.25, -0.2) is 9.97 Å². The summed E-state index contributed by atoms with van der Waals surface area (Å²) in [7, 11) is 0. The van der Waals surface area contributed by atoms with Crippen LogP contribution in [0.15, 0.2) is 48.8 Å². The maximum Gasteiger partial charge on any atom is 0.251 e. The number of hydrogen-bond acceptors (Lipinski definition) is 4. The summed E-state index contributed by atoms with van der Waals surface area (Å²) in [5, 5.41) is 13.4. The van der Waals surface area contributed by atoms with Crippen molar-refractivity contribution in [1.29, 1.82) is 5.26 Å². The lowest BCUT2D eigenvalue weighted by Gasteiger charge is -2.19. The first-order valence-corrected chi connectivity index (χ1v) is 7.37. The molecule has 0 fully saturated rings. The van der Waals surface area contributed by atoms with Gasteiger partial charge in [0.2, 0.25) is 0 Å². The van der Waals surface area contributed by atoms with E-state index in [9.17, 15) is 0 Å². The molecule has 0 saturated carbocycles. The first kappa shape index (κ1) is 14.9. The van der Waals surface area contributed by atoms with Gasteiger partial charge in [0, 0.05) is 24.0 Å². The molecule has 23 heavy (non-hydrogen) atoms. The van der Waals surface area contributed by atoms with Crippen LogP contribution < -0.4 is 0 Å². The minimum Gasteiger partial charge on any atom is -0.220 e.